The zero-order valence-electron chi connectivity index (χ0n) is 11.1. The Bertz CT molecular complexity index is 557. The number of halogens is 1. The van der Waals surface area contributed by atoms with Crippen LogP contribution in [0.15, 0.2) is 36.0 Å². The molecule has 0 fully saturated rings. The van der Waals surface area contributed by atoms with Crippen LogP contribution in [0.5, 0.6) is 0 Å². The molecule has 0 bridgehead atoms. The second-order valence-electron chi connectivity index (χ2n) is 4.41. The third-order valence-corrected chi connectivity index (χ3v) is 3.33. The van der Waals surface area contributed by atoms with E-state index in [1.165, 1.54) is 6.08 Å². The van der Waals surface area contributed by atoms with Crippen molar-refractivity contribution in [3.05, 3.63) is 47.0 Å². The number of nitrogens with zero attached hydrogens (tertiary/aromatic N) is 1. The number of alkyl carbamates (subject to hydrolysis) is 1. The molecule has 1 aliphatic rings. The van der Waals surface area contributed by atoms with Crippen molar-refractivity contribution in [1.29, 1.82) is 0 Å². The molecule has 2 rings (SSSR count). The minimum absolute atomic E-state index is 0.179. The minimum atomic E-state index is -0.489. The maximum atomic E-state index is 11.6. The molecule has 1 amide bonds. The third kappa shape index (κ3) is 3.30. The summed E-state index contributed by atoms with van der Waals surface area (Å²) in [5, 5.41) is 7.69. The number of benzene rings is 1. The van der Waals surface area contributed by atoms with Crippen molar-refractivity contribution in [1.82, 2.24) is 10.7 Å². The number of aryl methyl sites for hydroxylation is 1. The van der Waals surface area contributed by atoms with Crippen molar-refractivity contribution in [2.24, 2.45) is 5.10 Å². The lowest BCUT2D eigenvalue weighted by Gasteiger charge is -2.14. The molecule has 0 spiro atoms. The predicted molar refractivity (Wildman–Crippen MR) is 79.2 cm³/mol. The van der Waals surface area contributed by atoms with Crippen molar-refractivity contribution >= 4 is 23.4 Å². The smallest absolute Gasteiger partial charge is 0.408 e. The van der Waals surface area contributed by atoms with E-state index in [-0.39, 0.29) is 12.6 Å². The van der Waals surface area contributed by atoms with Crippen LogP contribution in [-0.2, 0) is 4.74 Å². The molecule has 1 heterocycles. The molecular weight excluding hydrogens is 278 g/mol. The molecule has 0 saturated carbocycles. The van der Waals surface area contributed by atoms with Gasteiger partial charge in [0.2, 0.25) is 0 Å². The van der Waals surface area contributed by atoms with Crippen LogP contribution in [-0.4, -0.2) is 31.0 Å². The van der Waals surface area contributed by atoms with Crippen molar-refractivity contribution in [3.8, 4) is 0 Å². The van der Waals surface area contributed by atoms with Crippen LogP contribution in [0.4, 0.5) is 4.79 Å². The van der Waals surface area contributed by atoms with Gasteiger partial charge in [0.15, 0.2) is 0 Å². The number of nitrogens with one attached hydrogen (secondary N) is 2. The van der Waals surface area contributed by atoms with Crippen molar-refractivity contribution in [2.45, 2.75) is 13.0 Å². The molecule has 2 N–H and O–H groups in total. The maximum absolute atomic E-state index is 11.6. The highest BCUT2D eigenvalue weighted by Gasteiger charge is 2.25. The van der Waals surface area contributed by atoms with Gasteiger partial charge in [0, 0.05) is 10.6 Å². The van der Waals surface area contributed by atoms with Gasteiger partial charge in [-0.05, 0) is 24.6 Å². The first-order valence-corrected chi connectivity index (χ1v) is 6.60. The van der Waals surface area contributed by atoms with E-state index >= 15 is 0 Å². The van der Waals surface area contributed by atoms with E-state index in [9.17, 15) is 4.79 Å². The van der Waals surface area contributed by atoms with Crippen molar-refractivity contribution < 1.29 is 9.53 Å². The lowest BCUT2D eigenvalue weighted by atomic mass is 10.0. The van der Waals surface area contributed by atoms with E-state index in [1.807, 2.05) is 25.1 Å². The second kappa shape index (κ2) is 6.43. The lowest BCUT2D eigenvalue weighted by molar-refractivity contribution is 0.157. The van der Waals surface area contributed by atoms with E-state index < -0.39 is 6.09 Å². The Kier molecular flexibility index (Phi) is 4.63. The molecule has 20 heavy (non-hydrogen) atoms. The largest absolute Gasteiger partial charge is 0.445 e. The average Bonchev–Trinajstić information content (AvgIpc) is 2.87. The van der Waals surface area contributed by atoms with Crippen LogP contribution in [0, 0.1) is 6.92 Å². The number of hydrogen-bond acceptors (Lipinski definition) is 4. The normalized spacial score (nSPS) is 17.1. The fourth-order valence-corrected chi connectivity index (χ4v) is 2.02. The summed E-state index contributed by atoms with van der Waals surface area (Å²) >= 11 is 6.01. The molecule has 1 aliphatic heterocycles. The number of hydrogen-bond donors (Lipinski definition) is 2. The van der Waals surface area contributed by atoms with Crippen LogP contribution in [0.25, 0.3) is 0 Å². The van der Waals surface area contributed by atoms with Gasteiger partial charge in [-0.25, -0.2) is 4.79 Å². The first-order valence-electron chi connectivity index (χ1n) is 6.23. The molecule has 106 valence electrons. The molecule has 1 aromatic rings. The average molecular weight is 294 g/mol. The van der Waals surface area contributed by atoms with Crippen LogP contribution < -0.4 is 10.7 Å². The molecule has 1 atom stereocenters. The highest BCUT2D eigenvalue weighted by molar-refractivity contribution is 6.31. The molecule has 0 radical (unpaired) electrons. The van der Waals surface area contributed by atoms with E-state index in [0.717, 1.165) is 16.8 Å². The molecule has 0 aromatic heterocycles. The van der Waals surface area contributed by atoms with Gasteiger partial charge in [0.25, 0.3) is 0 Å². The maximum Gasteiger partial charge on any atom is 0.408 e. The number of carbonyl (C=O) groups excluding carboxylic acids is 1. The Labute approximate surface area is 122 Å². The van der Waals surface area contributed by atoms with Crippen molar-refractivity contribution in [2.75, 3.05) is 13.2 Å². The highest BCUT2D eigenvalue weighted by atomic mass is 35.5. The summed E-state index contributed by atoms with van der Waals surface area (Å²) < 4.78 is 4.91. The summed E-state index contributed by atoms with van der Waals surface area (Å²) in [6.07, 6.45) is 1.03. The summed E-state index contributed by atoms with van der Waals surface area (Å²) in [5.41, 5.74) is 5.53. The van der Waals surface area contributed by atoms with Gasteiger partial charge in [0.05, 0.1) is 18.3 Å². The summed E-state index contributed by atoms with van der Waals surface area (Å²) in [5.74, 6) is 0. The van der Waals surface area contributed by atoms with E-state index in [4.69, 9.17) is 16.3 Å². The van der Waals surface area contributed by atoms with Crippen LogP contribution in [0.1, 0.15) is 11.1 Å². The van der Waals surface area contributed by atoms with Gasteiger partial charge in [-0.1, -0.05) is 30.3 Å². The standard InChI is InChI=1S/C14H16ClN3O2/c1-3-6-20-14(19)17-12-8-16-18-13(12)10-4-5-11(15)9(2)7-10/h3-5,7,12,16H,1,6,8H2,2H3,(H,17,19). The van der Waals surface area contributed by atoms with E-state index in [1.54, 1.807) is 0 Å². The SMILES string of the molecule is C=CCOC(=O)NC1CNN=C1c1ccc(Cl)c(C)c1. The number of hydrazone groups is 1. The number of ether oxygens (including phenoxy) is 1. The quantitative estimate of drug-likeness (QED) is 0.837. The summed E-state index contributed by atoms with van der Waals surface area (Å²) in [7, 11) is 0. The molecule has 1 aromatic carbocycles. The van der Waals surface area contributed by atoms with Gasteiger partial charge in [-0.15, -0.1) is 0 Å². The van der Waals surface area contributed by atoms with Gasteiger partial charge >= 0.3 is 6.09 Å². The molecule has 6 heteroatoms. The monoisotopic (exact) mass is 293 g/mol. The molecular formula is C14H16ClN3O2. The van der Waals surface area contributed by atoms with E-state index in [0.29, 0.717) is 11.6 Å². The van der Waals surface area contributed by atoms with Gasteiger partial charge in [0.1, 0.15) is 6.61 Å². The summed E-state index contributed by atoms with van der Waals surface area (Å²) in [4.78, 5) is 11.6. The first kappa shape index (κ1) is 14.4. The fourth-order valence-electron chi connectivity index (χ4n) is 1.90. The Morgan fingerprint density at radius 1 is 1.70 bits per heavy atom. The van der Waals surface area contributed by atoms with Gasteiger partial charge < -0.3 is 15.5 Å². The Balaban J connectivity index is 2.08. The van der Waals surface area contributed by atoms with Crippen LogP contribution in [0.3, 0.4) is 0 Å². The van der Waals surface area contributed by atoms with E-state index in [2.05, 4.69) is 22.4 Å². The summed E-state index contributed by atoms with van der Waals surface area (Å²) in [6, 6.07) is 5.41. The van der Waals surface area contributed by atoms with Gasteiger partial charge in [-0.2, -0.15) is 5.10 Å². The van der Waals surface area contributed by atoms with Crippen LogP contribution >= 0.6 is 11.6 Å². The minimum Gasteiger partial charge on any atom is -0.445 e. The summed E-state index contributed by atoms with van der Waals surface area (Å²) in [6.45, 7) is 6.12. The highest BCUT2D eigenvalue weighted by Crippen LogP contribution is 2.18. The lowest BCUT2D eigenvalue weighted by Crippen LogP contribution is -2.42. The van der Waals surface area contributed by atoms with Crippen molar-refractivity contribution in [3.63, 3.8) is 0 Å². The number of carbonyl (C=O) groups is 1. The fraction of sp³-hybridized carbons (Fsp3) is 0.286. The Morgan fingerprint density at radius 3 is 3.20 bits per heavy atom. The second-order valence-corrected chi connectivity index (χ2v) is 4.81. The van der Waals surface area contributed by atoms with Gasteiger partial charge in [-0.3, -0.25) is 0 Å². The predicted octanol–water partition coefficient (Wildman–Crippen LogP) is 2.24. The zero-order valence-corrected chi connectivity index (χ0v) is 11.9. The molecule has 5 nitrogen and oxygen atoms in total. The zero-order chi connectivity index (χ0) is 14.5. The molecule has 0 saturated heterocycles. The molecule has 1 unspecified atom stereocenters. The Morgan fingerprint density at radius 2 is 2.50 bits per heavy atom. The topological polar surface area (TPSA) is 62.7 Å². The Hall–Kier alpha value is -2.01. The first-order chi connectivity index (χ1) is 9.61. The number of rotatable bonds is 4. The molecule has 0 aliphatic carbocycles. The van der Waals surface area contributed by atoms with Crippen LogP contribution in [0.2, 0.25) is 5.02 Å². The number of amides is 1. The third-order valence-electron chi connectivity index (χ3n) is 2.90.